The first-order valence-corrected chi connectivity index (χ1v) is 9.79. The van der Waals surface area contributed by atoms with Crippen molar-refractivity contribution in [3.05, 3.63) is 58.9 Å². The molecule has 1 aliphatic heterocycles. The minimum atomic E-state index is 0.0732. The third-order valence-corrected chi connectivity index (χ3v) is 5.88. The molecule has 7 heteroatoms. The van der Waals surface area contributed by atoms with Crippen molar-refractivity contribution in [3.8, 4) is 5.75 Å². The van der Waals surface area contributed by atoms with E-state index in [4.69, 9.17) is 17.0 Å². The van der Waals surface area contributed by atoms with E-state index in [9.17, 15) is 4.79 Å². The van der Waals surface area contributed by atoms with E-state index in [0.717, 1.165) is 41.3 Å². The van der Waals surface area contributed by atoms with Crippen LogP contribution in [0.2, 0.25) is 0 Å². The van der Waals surface area contributed by atoms with Crippen LogP contribution in [0.15, 0.2) is 48.5 Å². The number of hydrogen-bond donors (Lipinski definition) is 0. The molecule has 3 aromatic rings. The van der Waals surface area contributed by atoms with Crippen molar-refractivity contribution in [2.75, 3.05) is 33.3 Å². The van der Waals surface area contributed by atoms with Gasteiger partial charge in [-0.25, -0.2) is 0 Å². The van der Waals surface area contributed by atoms with Crippen molar-refractivity contribution in [1.29, 1.82) is 0 Å². The Morgan fingerprint density at radius 1 is 1.00 bits per heavy atom. The van der Waals surface area contributed by atoms with E-state index in [-0.39, 0.29) is 5.91 Å². The van der Waals surface area contributed by atoms with E-state index in [1.165, 1.54) is 0 Å². The van der Waals surface area contributed by atoms with Crippen LogP contribution in [0.4, 0.5) is 0 Å². The number of aryl methyl sites for hydroxylation is 1. The topological polar surface area (TPSA) is 42.6 Å². The third kappa shape index (κ3) is 3.43. The van der Waals surface area contributed by atoms with Crippen molar-refractivity contribution in [3.63, 3.8) is 0 Å². The van der Waals surface area contributed by atoms with Gasteiger partial charge in [-0.15, -0.1) is 0 Å². The summed E-state index contributed by atoms with van der Waals surface area (Å²) in [5, 5.41) is 0. The maximum Gasteiger partial charge on any atom is 0.253 e. The normalized spacial score (nSPS) is 15.1. The molecular formula is C21H24N4O2S. The predicted octanol–water partition coefficient (Wildman–Crippen LogP) is 3.13. The van der Waals surface area contributed by atoms with Gasteiger partial charge in [0.1, 0.15) is 5.75 Å². The van der Waals surface area contributed by atoms with Gasteiger partial charge in [0.05, 0.1) is 24.8 Å². The molecule has 4 rings (SSSR count). The number of hydrogen-bond acceptors (Lipinski definition) is 4. The minimum absolute atomic E-state index is 0.0732. The Kier molecular flexibility index (Phi) is 5.19. The number of carbonyl (C=O) groups is 1. The minimum Gasteiger partial charge on any atom is -0.497 e. The zero-order valence-electron chi connectivity index (χ0n) is 16.2. The number of carbonyl (C=O) groups excluding carboxylic acids is 1. The van der Waals surface area contributed by atoms with Crippen molar-refractivity contribution >= 4 is 29.2 Å². The fourth-order valence-electron chi connectivity index (χ4n) is 3.71. The van der Waals surface area contributed by atoms with E-state index < -0.39 is 0 Å². The SMILES string of the molecule is COc1ccc(C(=O)N2CCN(Cn3c(=S)n(C)c4ccccc43)CC2)cc1. The summed E-state index contributed by atoms with van der Waals surface area (Å²) in [6, 6.07) is 15.6. The Hall–Kier alpha value is -2.64. The summed E-state index contributed by atoms with van der Waals surface area (Å²) in [4.78, 5) is 17.0. The summed E-state index contributed by atoms with van der Waals surface area (Å²) in [5.41, 5.74) is 2.98. The Morgan fingerprint density at radius 2 is 1.64 bits per heavy atom. The fourth-order valence-corrected chi connectivity index (χ4v) is 3.96. The van der Waals surface area contributed by atoms with Crippen LogP contribution in [0.25, 0.3) is 11.0 Å². The molecule has 6 nitrogen and oxygen atoms in total. The Labute approximate surface area is 169 Å². The van der Waals surface area contributed by atoms with Crippen LogP contribution in [0.5, 0.6) is 5.75 Å². The molecule has 0 radical (unpaired) electrons. The van der Waals surface area contributed by atoms with Gasteiger partial charge in [0.15, 0.2) is 4.77 Å². The first-order valence-electron chi connectivity index (χ1n) is 9.38. The Balaban J connectivity index is 1.43. The average molecular weight is 397 g/mol. The molecule has 0 saturated carbocycles. The lowest BCUT2D eigenvalue weighted by molar-refractivity contribution is 0.0596. The first-order chi connectivity index (χ1) is 13.6. The Morgan fingerprint density at radius 3 is 2.29 bits per heavy atom. The number of aromatic nitrogens is 2. The number of nitrogens with zero attached hydrogens (tertiary/aromatic N) is 4. The molecule has 2 heterocycles. The van der Waals surface area contributed by atoms with Crippen LogP contribution in [-0.2, 0) is 13.7 Å². The van der Waals surface area contributed by atoms with Crippen molar-refractivity contribution < 1.29 is 9.53 Å². The van der Waals surface area contributed by atoms with Gasteiger partial charge >= 0.3 is 0 Å². The van der Waals surface area contributed by atoms with Crippen LogP contribution in [0, 0.1) is 4.77 Å². The second-order valence-corrected chi connectivity index (χ2v) is 7.40. The number of amides is 1. The average Bonchev–Trinajstić information content (AvgIpc) is 2.99. The van der Waals surface area contributed by atoms with Gasteiger partial charge in [0, 0.05) is 38.8 Å². The number of imidazole rings is 1. The Bertz CT molecular complexity index is 1050. The second kappa shape index (κ2) is 7.77. The third-order valence-electron chi connectivity index (χ3n) is 5.39. The number of fused-ring (bicyclic) bond motifs is 1. The summed E-state index contributed by atoms with van der Waals surface area (Å²) in [7, 11) is 3.63. The monoisotopic (exact) mass is 396 g/mol. The standard InChI is InChI=1S/C21H24N4O2S/c1-22-18-5-3-4-6-19(18)25(21(22)28)15-23-11-13-24(14-12-23)20(26)16-7-9-17(27-2)10-8-16/h3-10H,11-15H2,1-2H3. The molecule has 0 N–H and O–H groups in total. The quantitative estimate of drug-likeness (QED) is 0.636. The lowest BCUT2D eigenvalue weighted by atomic mass is 10.1. The molecule has 146 valence electrons. The van der Waals surface area contributed by atoms with Gasteiger partial charge in [0.25, 0.3) is 5.91 Å². The molecule has 28 heavy (non-hydrogen) atoms. The molecule has 1 aromatic heterocycles. The molecule has 1 amide bonds. The molecule has 1 aliphatic rings. The van der Waals surface area contributed by atoms with Crippen molar-refractivity contribution in [2.24, 2.45) is 7.05 Å². The summed E-state index contributed by atoms with van der Waals surface area (Å²) in [6.45, 7) is 3.82. The summed E-state index contributed by atoms with van der Waals surface area (Å²) < 4.78 is 10.2. The smallest absolute Gasteiger partial charge is 0.253 e. The summed E-state index contributed by atoms with van der Waals surface area (Å²) in [5.74, 6) is 0.831. The molecule has 0 atom stereocenters. The van der Waals surface area contributed by atoms with E-state index in [2.05, 4.69) is 21.6 Å². The van der Waals surface area contributed by atoms with Crippen molar-refractivity contribution in [1.82, 2.24) is 18.9 Å². The maximum atomic E-state index is 12.7. The number of benzene rings is 2. The number of piperazine rings is 1. The molecule has 0 unspecified atom stereocenters. The van der Waals surface area contributed by atoms with Crippen LogP contribution in [0.3, 0.4) is 0 Å². The maximum absolute atomic E-state index is 12.7. The van der Waals surface area contributed by atoms with Gasteiger partial charge in [-0.2, -0.15) is 0 Å². The lowest BCUT2D eigenvalue weighted by Gasteiger charge is -2.35. The van der Waals surface area contributed by atoms with Crippen molar-refractivity contribution in [2.45, 2.75) is 6.67 Å². The van der Waals surface area contributed by atoms with E-state index in [0.29, 0.717) is 18.7 Å². The van der Waals surface area contributed by atoms with E-state index in [1.807, 2.05) is 52.9 Å². The first kappa shape index (κ1) is 18.7. The van der Waals surface area contributed by atoms with Crippen LogP contribution in [0.1, 0.15) is 10.4 Å². The van der Waals surface area contributed by atoms with Crippen LogP contribution >= 0.6 is 12.2 Å². The number of rotatable bonds is 4. The predicted molar refractivity (Wildman–Crippen MR) is 112 cm³/mol. The van der Waals surface area contributed by atoms with Gasteiger partial charge in [-0.3, -0.25) is 9.69 Å². The molecule has 1 saturated heterocycles. The number of ether oxygens (including phenoxy) is 1. The van der Waals surface area contributed by atoms with Gasteiger partial charge in [-0.1, -0.05) is 12.1 Å². The number of methoxy groups -OCH3 is 1. The second-order valence-electron chi connectivity index (χ2n) is 7.04. The fraction of sp³-hybridized carbons (Fsp3) is 0.333. The zero-order chi connectivity index (χ0) is 19.7. The largest absolute Gasteiger partial charge is 0.497 e. The van der Waals surface area contributed by atoms with Crippen LogP contribution in [-0.4, -0.2) is 58.1 Å². The van der Waals surface area contributed by atoms with Gasteiger partial charge < -0.3 is 18.8 Å². The van der Waals surface area contributed by atoms with Gasteiger partial charge in [0.2, 0.25) is 0 Å². The van der Waals surface area contributed by atoms with Crippen LogP contribution < -0.4 is 4.74 Å². The molecule has 1 fully saturated rings. The number of para-hydroxylation sites is 2. The zero-order valence-corrected chi connectivity index (χ0v) is 17.0. The molecular weight excluding hydrogens is 372 g/mol. The highest BCUT2D eigenvalue weighted by atomic mass is 32.1. The molecule has 2 aromatic carbocycles. The van der Waals surface area contributed by atoms with Gasteiger partial charge in [-0.05, 0) is 48.6 Å². The highest BCUT2D eigenvalue weighted by Crippen LogP contribution is 2.18. The van der Waals surface area contributed by atoms with E-state index >= 15 is 0 Å². The highest BCUT2D eigenvalue weighted by Gasteiger charge is 2.23. The summed E-state index contributed by atoms with van der Waals surface area (Å²) in [6.07, 6.45) is 0. The van der Waals surface area contributed by atoms with E-state index in [1.54, 1.807) is 7.11 Å². The lowest BCUT2D eigenvalue weighted by Crippen LogP contribution is -2.49. The molecule has 0 aliphatic carbocycles. The molecule has 0 spiro atoms. The summed E-state index contributed by atoms with van der Waals surface area (Å²) >= 11 is 5.64. The molecule has 0 bridgehead atoms. The highest BCUT2D eigenvalue weighted by molar-refractivity contribution is 7.71.